The molecule has 2 fully saturated rings. The molecule has 152 valence electrons. The number of rotatable bonds is 8. The molecule has 2 aliphatic heterocycles. The molecule has 0 radical (unpaired) electrons. The van der Waals surface area contributed by atoms with Gasteiger partial charge in [-0.25, -0.2) is 4.68 Å². The minimum atomic E-state index is 0.218. The summed E-state index contributed by atoms with van der Waals surface area (Å²) in [6.07, 6.45) is 6.25. The van der Waals surface area contributed by atoms with Gasteiger partial charge in [-0.1, -0.05) is 6.92 Å². The Morgan fingerprint density at radius 2 is 2.00 bits per heavy atom. The maximum Gasteiger partial charge on any atom is 0.222 e. The molecule has 3 rings (SSSR count). The zero-order valence-corrected chi connectivity index (χ0v) is 17.2. The Bertz CT molecular complexity index is 597. The van der Waals surface area contributed by atoms with Crippen LogP contribution >= 0.6 is 0 Å². The van der Waals surface area contributed by atoms with E-state index in [1.165, 1.54) is 25.7 Å². The predicted molar refractivity (Wildman–Crippen MR) is 104 cm³/mol. The molecule has 2 saturated heterocycles. The highest BCUT2D eigenvalue weighted by Gasteiger charge is 2.24. The van der Waals surface area contributed by atoms with Crippen LogP contribution in [0.4, 0.5) is 0 Å². The van der Waals surface area contributed by atoms with Gasteiger partial charge in [-0.05, 0) is 75.1 Å². The van der Waals surface area contributed by atoms with Gasteiger partial charge in [0.2, 0.25) is 5.91 Å². The smallest absolute Gasteiger partial charge is 0.222 e. The molecule has 8 nitrogen and oxygen atoms in total. The predicted octanol–water partition coefficient (Wildman–Crippen LogP) is 1.24. The van der Waals surface area contributed by atoms with Gasteiger partial charge in [0, 0.05) is 32.6 Å². The lowest BCUT2D eigenvalue weighted by Crippen LogP contribution is -2.39. The molecule has 2 aliphatic rings. The number of likely N-dealkylation sites (tertiary alicyclic amines) is 2. The largest absolute Gasteiger partial charge is 0.344 e. The van der Waals surface area contributed by atoms with Gasteiger partial charge in [-0.15, -0.1) is 5.10 Å². The molecule has 0 spiro atoms. The van der Waals surface area contributed by atoms with Crippen molar-refractivity contribution < 1.29 is 4.79 Å². The van der Waals surface area contributed by atoms with Gasteiger partial charge in [0.15, 0.2) is 5.82 Å². The second kappa shape index (κ2) is 9.59. The van der Waals surface area contributed by atoms with Crippen molar-refractivity contribution in [3.05, 3.63) is 5.82 Å². The van der Waals surface area contributed by atoms with Crippen LogP contribution in [0.2, 0.25) is 0 Å². The first-order valence-electron chi connectivity index (χ1n) is 10.4. The number of carbonyl (C=O) groups is 1. The van der Waals surface area contributed by atoms with Crippen LogP contribution < -0.4 is 0 Å². The first-order chi connectivity index (χ1) is 13.0. The van der Waals surface area contributed by atoms with Gasteiger partial charge in [-0.3, -0.25) is 9.69 Å². The van der Waals surface area contributed by atoms with E-state index in [-0.39, 0.29) is 5.91 Å². The highest BCUT2D eigenvalue weighted by Crippen LogP contribution is 2.18. The lowest BCUT2D eigenvalue weighted by molar-refractivity contribution is -0.130. The number of aryl methyl sites for hydroxylation is 1. The van der Waals surface area contributed by atoms with Crippen molar-refractivity contribution in [3.8, 4) is 0 Å². The van der Waals surface area contributed by atoms with Gasteiger partial charge in [-0.2, -0.15) is 0 Å². The van der Waals surface area contributed by atoms with Crippen LogP contribution in [0.25, 0.3) is 0 Å². The summed E-state index contributed by atoms with van der Waals surface area (Å²) in [7, 11) is 4.08. The first-order valence-corrected chi connectivity index (χ1v) is 10.4. The van der Waals surface area contributed by atoms with Crippen LogP contribution in [0.15, 0.2) is 0 Å². The molecular formula is C19H35N7O. The quantitative estimate of drug-likeness (QED) is 0.679. The maximum absolute atomic E-state index is 12.4. The number of likely N-dealkylation sites (N-methyl/N-ethyl adjacent to an activating group) is 2. The topological polar surface area (TPSA) is 70.4 Å². The van der Waals surface area contributed by atoms with Crippen LogP contribution in [0.1, 0.15) is 51.3 Å². The Morgan fingerprint density at radius 3 is 2.70 bits per heavy atom. The summed E-state index contributed by atoms with van der Waals surface area (Å²) in [5.74, 6) is 1.96. The Morgan fingerprint density at radius 1 is 1.22 bits per heavy atom. The molecule has 0 bridgehead atoms. The minimum absolute atomic E-state index is 0.218. The zero-order valence-electron chi connectivity index (χ0n) is 17.2. The normalized spacial score (nSPS) is 22.4. The number of hydrogen-bond acceptors (Lipinski definition) is 6. The number of nitrogens with zero attached hydrogens (tertiary/aromatic N) is 7. The van der Waals surface area contributed by atoms with E-state index < -0.39 is 0 Å². The Kier molecular flexibility index (Phi) is 7.18. The van der Waals surface area contributed by atoms with E-state index in [1.54, 1.807) is 0 Å². The molecular weight excluding hydrogens is 342 g/mol. The van der Waals surface area contributed by atoms with E-state index in [0.29, 0.717) is 19.0 Å². The van der Waals surface area contributed by atoms with Crippen LogP contribution in [0.3, 0.4) is 0 Å². The average molecular weight is 378 g/mol. The maximum atomic E-state index is 12.4. The van der Waals surface area contributed by atoms with Crippen molar-refractivity contribution >= 4 is 5.91 Å². The van der Waals surface area contributed by atoms with Crippen molar-refractivity contribution in [2.24, 2.45) is 5.92 Å². The van der Waals surface area contributed by atoms with Crippen LogP contribution in [0, 0.1) is 5.92 Å². The van der Waals surface area contributed by atoms with Gasteiger partial charge in [0.25, 0.3) is 0 Å². The number of carbonyl (C=O) groups excluding carboxylic acids is 1. The van der Waals surface area contributed by atoms with Crippen molar-refractivity contribution in [1.82, 2.24) is 34.9 Å². The zero-order chi connectivity index (χ0) is 19.2. The summed E-state index contributed by atoms with van der Waals surface area (Å²) in [4.78, 5) is 19.1. The second-order valence-electron chi connectivity index (χ2n) is 8.43. The summed E-state index contributed by atoms with van der Waals surface area (Å²) in [6.45, 7) is 8.04. The van der Waals surface area contributed by atoms with Crippen LogP contribution in [-0.4, -0.2) is 87.1 Å². The van der Waals surface area contributed by atoms with Crippen molar-refractivity contribution in [2.75, 3.05) is 40.3 Å². The molecule has 1 aromatic rings. The third kappa shape index (κ3) is 5.72. The van der Waals surface area contributed by atoms with Crippen molar-refractivity contribution in [1.29, 1.82) is 0 Å². The van der Waals surface area contributed by atoms with Gasteiger partial charge in [0.1, 0.15) is 0 Å². The summed E-state index contributed by atoms with van der Waals surface area (Å²) in [6, 6.07) is 0.511. The van der Waals surface area contributed by atoms with E-state index in [0.717, 1.165) is 50.9 Å². The number of hydrogen-bond donors (Lipinski definition) is 0. The molecule has 0 N–H and O–H groups in total. The monoisotopic (exact) mass is 377 g/mol. The highest BCUT2D eigenvalue weighted by atomic mass is 16.2. The van der Waals surface area contributed by atoms with Gasteiger partial charge in [0.05, 0.1) is 6.54 Å². The summed E-state index contributed by atoms with van der Waals surface area (Å²) < 4.78 is 1.87. The van der Waals surface area contributed by atoms with Crippen LogP contribution in [0.5, 0.6) is 0 Å². The molecule has 3 heterocycles. The highest BCUT2D eigenvalue weighted by molar-refractivity contribution is 5.75. The van der Waals surface area contributed by atoms with E-state index in [9.17, 15) is 4.79 Å². The number of amides is 1. The molecule has 1 amide bonds. The Labute approximate surface area is 162 Å². The van der Waals surface area contributed by atoms with Gasteiger partial charge >= 0.3 is 0 Å². The number of aromatic nitrogens is 4. The lowest BCUT2D eigenvalue weighted by atomic mass is 9.99. The van der Waals surface area contributed by atoms with Gasteiger partial charge < -0.3 is 9.80 Å². The molecule has 1 atom stereocenters. The van der Waals surface area contributed by atoms with Crippen molar-refractivity contribution in [2.45, 2.75) is 64.6 Å². The molecule has 8 heteroatoms. The Balaban J connectivity index is 1.40. The average Bonchev–Trinajstić information content (AvgIpc) is 3.26. The molecule has 0 saturated carbocycles. The van der Waals surface area contributed by atoms with Crippen molar-refractivity contribution in [3.63, 3.8) is 0 Å². The molecule has 27 heavy (non-hydrogen) atoms. The van der Waals surface area contributed by atoms with E-state index >= 15 is 0 Å². The van der Waals surface area contributed by atoms with E-state index in [2.05, 4.69) is 39.3 Å². The Hall–Kier alpha value is -1.54. The standard InChI is InChI=1S/C19H35N7O/c1-16-8-12-25(13-9-16)15-18-20-21-22-26(18)11-5-7-19(27)24(3)14-17-6-4-10-23(17)2/h16-17H,4-15H2,1-3H3. The molecule has 1 aromatic heterocycles. The van der Waals surface area contributed by atoms with E-state index in [1.807, 2.05) is 16.6 Å². The molecule has 1 unspecified atom stereocenters. The molecule has 0 aromatic carbocycles. The lowest BCUT2D eigenvalue weighted by Gasteiger charge is -2.29. The first kappa shape index (κ1) is 20.2. The molecule has 0 aliphatic carbocycles. The van der Waals surface area contributed by atoms with E-state index in [4.69, 9.17) is 0 Å². The third-order valence-corrected chi connectivity index (χ3v) is 6.19. The number of piperidine rings is 1. The third-order valence-electron chi connectivity index (χ3n) is 6.19. The fourth-order valence-electron chi connectivity index (χ4n) is 4.13. The minimum Gasteiger partial charge on any atom is -0.344 e. The summed E-state index contributed by atoms with van der Waals surface area (Å²) in [5.41, 5.74) is 0. The van der Waals surface area contributed by atoms with Crippen LogP contribution in [-0.2, 0) is 17.9 Å². The SMILES string of the molecule is CC1CCN(Cc2nnnn2CCCC(=O)N(C)CC2CCCN2C)CC1. The fraction of sp³-hybridized carbons (Fsp3) is 0.895. The summed E-state index contributed by atoms with van der Waals surface area (Å²) in [5, 5.41) is 12.2. The number of tetrazole rings is 1. The second-order valence-corrected chi connectivity index (χ2v) is 8.43. The summed E-state index contributed by atoms with van der Waals surface area (Å²) >= 11 is 0. The fourth-order valence-corrected chi connectivity index (χ4v) is 4.13.